The van der Waals surface area contributed by atoms with E-state index >= 15 is 0 Å². The van der Waals surface area contributed by atoms with Crippen LogP contribution >= 0.6 is 0 Å². The minimum Gasteiger partial charge on any atom is -0.295 e. The first kappa shape index (κ1) is 44.7. The number of anilines is 9. The topological polar surface area (TPSA) is 61.3 Å². The Labute approximate surface area is 377 Å². The van der Waals surface area contributed by atoms with Crippen LogP contribution < -0.4 is 14.7 Å². The highest BCUT2D eigenvalue weighted by atomic mass is 15.3. The van der Waals surface area contributed by atoms with Crippen LogP contribution in [0.25, 0.3) is 0 Å². The number of hydrogen-bond acceptors (Lipinski definition) is 7. The Hall–Kier alpha value is -6.34. The van der Waals surface area contributed by atoms with E-state index in [1.807, 2.05) is 18.6 Å². The molecule has 0 aliphatic heterocycles. The number of pyridine rings is 4. The molecule has 0 unspecified atom stereocenters. The second-order valence-electron chi connectivity index (χ2n) is 16.6. The van der Waals surface area contributed by atoms with Crippen LogP contribution in [0, 0.1) is 0 Å². The lowest BCUT2D eigenvalue weighted by Gasteiger charge is -2.31. The average molecular weight is 836 g/mol. The monoisotopic (exact) mass is 836 g/mol. The molecule has 324 valence electrons. The van der Waals surface area contributed by atoms with E-state index in [0.29, 0.717) is 0 Å². The first-order valence-corrected chi connectivity index (χ1v) is 23.5. The van der Waals surface area contributed by atoms with Crippen molar-refractivity contribution >= 4 is 51.8 Å². The van der Waals surface area contributed by atoms with Gasteiger partial charge in [-0.2, -0.15) is 0 Å². The summed E-state index contributed by atoms with van der Waals surface area (Å²) in [7, 11) is 0. The first-order chi connectivity index (χ1) is 30.9. The summed E-state index contributed by atoms with van der Waals surface area (Å²) >= 11 is 0. The molecule has 0 aliphatic rings. The van der Waals surface area contributed by atoms with Crippen molar-refractivity contribution in [2.75, 3.05) is 14.7 Å². The largest absolute Gasteiger partial charge is 0.295 e. The Morgan fingerprint density at radius 3 is 0.937 bits per heavy atom. The molecule has 0 N–H and O–H groups in total. The summed E-state index contributed by atoms with van der Waals surface area (Å²) < 4.78 is 0. The van der Waals surface area contributed by atoms with Gasteiger partial charge in [-0.25, -0.2) is 19.9 Å². The van der Waals surface area contributed by atoms with Crippen molar-refractivity contribution in [2.24, 2.45) is 0 Å². The molecule has 0 spiro atoms. The van der Waals surface area contributed by atoms with Crippen LogP contribution in [-0.4, -0.2) is 19.9 Å². The molecule has 0 fully saturated rings. The summed E-state index contributed by atoms with van der Waals surface area (Å²) in [4.78, 5) is 27.8. The van der Waals surface area contributed by atoms with Gasteiger partial charge in [-0.05, 0) is 145 Å². The molecule has 0 radical (unpaired) electrons. The quantitative estimate of drug-likeness (QED) is 0.0714. The van der Waals surface area contributed by atoms with Crippen LogP contribution in [-0.2, 0) is 38.5 Å². The minimum atomic E-state index is 0.746. The number of rotatable bonds is 21. The number of hydrogen-bond donors (Lipinski definition) is 0. The predicted octanol–water partition coefficient (Wildman–Crippen LogP) is 15.4. The van der Waals surface area contributed by atoms with Crippen molar-refractivity contribution in [1.29, 1.82) is 0 Å². The van der Waals surface area contributed by atoms with E-state index in [1.54, 1.807) is 0 Å². The number of nitrogens with zero attached hydrogens (tertiary/aromatic N) is 7. The Kier molecular flexibility index (Phi) is 15.7. The molecule has 63 heavy (non-hydrogen) atoms. The van der Waals surface area contributed by atoms with Crippen molar-refractivity contribution in [1.82, 2.24) is 19.9 Å². The van der Waals surface area contributed by atoms with E-state index in [-0.39, 0.29) is 0 Å². The molecule has 7 rings (SSSR count). The van der Waals surface area contributed by atoms with Crippen molar-refractivity contribution < 1.29 is 0 Å². The second kappa shape index (κ2) is 22.1. The molecule has 0 amide bonds. The maximum atomic E-state index is 5.73. The van der Waals surface area contributed by atoms with Crippen molar-refractivity contribution in [3.63, 3.8) is 0 Å². The highest BCUT2D eigenvalue weighted by Crippen LogP contribution is 2.44. The lowest BCUT2D eigenvalue weighted by atomic mass is 10.1. The van der Waals surface area contributed by atoms with Crippen molar-refractivity contribution in [3.8, 4) is 0 Å². The van der Waals surface area contributed by atoms with Crippen molar-refractivity contribution in [2.45, 2.75) is 119 Å². The molecule has 0 saturated heterocycles. The third-order valence-corrected chi connectivity index (χ3v) is 11.4. The summed E-state index contributed by atoms with van der Waals surface area (Å²) in [6.07, 6.45) is 18.0. The summed E-state index contributed by atoms with van der Waals surface area (Å²) in [5, 5.41) is 0. The van der Waals surface area contributed by atoms with Crippen LogP contribution in [0.4, 0.5) is 51.8 Å². The van der Waals surface area contributed by atoms with E-state index in [2.05, 4.69) is 178 Å². The fourth-order valence-corrected chi connectivity index (χ4v) is 8.52. The van der Waals surface area contributed by atoms with E-state index < -0.39 is 0 Å². The zero-order chi connectivity index (χ0) is 44.0. The van der Waals surface area contributed by atoms with Crippen LogP contribution in [0.2, 0.25) is 0 Å². The second-order valence-corrected chi connectivity index (χ2v) is 16.6. The van der Waals surface area contributed by atoms with Gasteiger partial charge >= 0.3 is 0 Å². The molecule has 7 heteroatoms. The van der Waals surface area contributed by atoms with Gasteiger partial charge < -0.3 is 0 Å². The van der Waals surface area contributed by atoms with Gasteiger partial charge in [0.1, 0.15) is 29.1 Å². The van der Waals surface area contributed by atoms with E-state index in [1.165, 1.54) is 33.4 Å². The zero-order valence-electron chi connectivity index (χ0n) is 38.4. The van der Waals surface area contributed by atoms with Gasteiger partial charge in [-0.15, -0.1) is 0 Å². The third-order valence-electron chi connectivity index (χ3n) is 11.4. The van der Waals surface area contributed by atoms with Gasteiger partial charge in [0, 0.05) is 47.8 Å². The van der Waals surface area contributed by atoms with Gasteiger partial charge in [0.2, 0.25) is 0 Å². The van der Waals surface area contributed by atoms with Gasteiger partial charge in [0.25, 0.3) is 0 Å². The molecule has 0 bridgehead atoms. The zero-order valence-corrected chi connectivity index (χ0v) is 38.4. The van der Waals surface area contributed by atoms with E-state index in [0.717, 1.165) is 129 Å². The molecule has 4 heterocycles. The Morgan fingerprint density at radius 1 is 0.302 bits per heavy atom. The van der Waals surface area contributed by atoms with Crippen LogP contribution in [0.1, 0.15) is 113 Å². The fourth-order valence-electron chi connectivity index (χ4n) is 8.52. The van der Waals surface area contributed by atoms with Crippen LogP contribution in [0.15, 0.2) is 140 Å². The van der Waals surface area contributed by atoms with E-state index in [9.17, 15) is 0 Å². The van der Waals surface area contributed by atoms with Crippen molar-refractivity contribution in [3.05, 3.63) is 173 Å². The molecule has 3 aromatic carbocycles. The normalized spacial score (nSPS) is 11.1. The van der Waals surface area contributed by atoms with Gasteiger partial charge in [-0.1, -0.05) is 116 Å². The Balaban J connectivity index is 1.58. The lowest BCUT2D eigenvalue weighted by Crippen LogP contribution is -2.20. The number of aromatic nitrogens is 4. The number of aryl methyl sites for hydroxylation is 6. The maximum Gasteiger partial charge on any atom is 0.143 e. The molecule has 7 nitrogen and oxygen atoms in total. The molecular formula is C56H65N7. The highest BCUT2D eigenvalue weighted by molar-refractivity contribution is 5.85. The summed E-state index contributed by atoms with van der Waals surface area (Å²) in [6, 6.07) is 44.2. The molecule has 4 aromatic heterocycles. The highest BCUT2D eigenvalue weighted by Gasteiger charge is 2.26. The maximum absolute atomic E-state index is 5.73. The number of benzene rings is 3. The molecular weight excluding hydrogens is 771 g/mol. The van der Waals surface area contributed by atoms with Gasteiger partial charge in [-0.3, -0.25) is 14.7 Å². The average Bonchev–Trinajstić information content (AvgIpc) is 3.28. The fraction of sp³-hybridized carbons (Fsp3) is 0.321. The SMILES string of the molecule is CCCc1cccc(N(c2cc(N(c3cccc(CCC)c3)c3cc(CCC)ccn3)nc(N(c3cccc(CCC)c3)c3cc(CCC)ccn3)c2)c2cc(CCC)ccn2)c1. The minimum absolute atomic E-state index is 0.746. The standard InChI is InChI=1S/C56H65N7/c1-7-16-42-22-13-25-48(34-42)61(52-37-45(19-10-4)28-31-57-52)51-40-55(62(49-26-14-23-43(35-49)17-8-2)53-38-46(20-11-5)29-32-58-53)60-56(41-51)63(50-27-15-24-44(36-50)18-9-3)54-39-47(21-12-6)30-33-59-54/h13-15,22-41H,7-12,16-21H2,1-6H3. The van der Waals surface area contributed by atoms with E-state index in [4.69, 9.17) is 19.9 Å². The summed E-state index contributed by atoms with van der Waals surface area (Å²) in [6.45, 7) is 13.4. The van der Waals surface area contributed by atoms with Gasteiger partial charge in [0.15, 0.2) is 0 Å². The van der Waals surface area contributed by atoms with Crippen LogP contribution in [0.3, 0.4) is 0 Å². The Morgan fingerprint density at radius 2 is 0.603 bits per heavy atom. The Bertz CT molecular complexity index is 2110. The summed E-state index contributed by atoms with van der Waals surface area (Å²) in [5.41, 5.74) is 11.6. The summed E-state index contributed by atoms with van der Waals surface area (Å²) in [5.74, 6) is 4.00. The molecule has 0 saturated carbocycles. The first-order valence-electron chi connectivity index (χ1n) is 23.5. The molecule has 7 aromatic rings. The predicted molar refractivity (Wildman–Crippen MR) is 266 cm³/mol. The molecule has 0 aliphatic carbocycles. The smallest absolute Gasteiger partial charge is 0.143 e. The lowest BCUT2D eigenvalue weighted by molar-refractivity contribution is 0.914. The van der Waals surface area contributed by atoms with Crippen LogP contribution in [0.5, 0.6) is 0 Å². The third kappa shape index (κ3) is 11.2. The molecule has 0 atom stereocenters. The van der Waals surface area contributed by atoms with Gasteiger partial charge in [0.05, 0.1) is 5.69 Å².